The van der Waals surface area contributed by atoms with E-state index in [9.17, 15) is 13.2 Å². The fourth-order valence-electron chi connectivity index (χ4n) is 2.56. The minimum absolute atomic E-state index is 0.213. The number of H-pyrrole nitrogens is 1. The normalized spacial score (nSPS) is 11.8. The summed E-state index contributed by atoms with van der Waals surface area (Å²) in [5, 5.41) is 0.846. The lowest BCUT2D eigenvalue weighted by Crippen LogP contribution is -2.26. The molecule has 0 aliphatic carbocycles. The summed E-state index contributed by atoms with van der Waals surface area (Å²) >= 11 is 0. The number of rotatable bonds is 6. The molecule has 25 heavy (non-hydrogen) atoms. The van der Waals surface area contributed by atoms with E-state index in [1.165, 1.54) is 0 Å². The Morgan fingerprint density at radius 1 is 1.32 bits per heavy atom. The molecule has 0 fully saturated rings. The molecule has 0 unspecified atom stereocenters. The van der Waals surface area contributed by atoms with Crippen LogP contribution in [0.5, 0.6) is 5.75 Å². The third kappa shape index (κ3) is 3.89. The first kappa shape index (κ1) is 17.2. The minimum Gasteiger partial charge on any atom is -0.497 e. The lowest BCUT2D eigenvalue weighted by atomic mass is 10.1. The van der Waals surface area contributed by atoms with Gasteiger partial charge < -0.3 is 14.3 Å². The first-order valence-corrected chi connectivity index (χ1v) is 9.44. The maximum atomic E-state index is 12.5. The maximum Gasteiger partial charge on any atom is 0.259 e. The molecule has 9 heteroatoms. The third-order valence-corrected chi connectivity index (χ3v) is 4.45. The van der Waals surface area contributed by atoms with E-state index in [0.29, 0.717) is 29.2 Å². The summed E-state index contributed by atoms with van der Waals surface area (Å²) < 4.78 is 31.6. The zero-order valence-electron chi connectivity index (χ0n) is 13.8. The zero-order valence-corrected chi connectivity index (χ0v) is 14.6. The number of fused-ring (bicyclic) bond motifs is 1. The van der Waals surface area contributed by atoms with Crippen LogP contribution < -0.4 is 15.0 Å². The average Bonchev–Trinajstić information content (AvgIpc) is 3.00. The number of hydrogen-bond acceptors (Lipinski definition) is 5. The molecule has 3 rings (SSSR count). The van der Waals surface area contributed by atoms with Crippen molar-refractivity contribution in [3.8, 4) is 17.1 Å². The molecule has 0 bridgehead atoms. The molecule has 0 saturated carbocycles. The van der Waals surface area contributed by atoms with Crippen LogP contribution in [0.4, 0.5) is 0 Å². The van der Waals surface area contributed by atoms with Crippen molar-refractivity contribution < 1.29 is 13.2 Å². The number of sulfonamides is 1. The van der Waals surface area contributed by atoms with Crippen LogP contribution >= 0.6 is 0 Å². The molecular formula is C16H18N4O4S. The second-order valence-electron chi connectivity index (χ2n) is 5.58. The van der Waals surface area contributed by atoms with Crippen molar-refractivity contribution in [1.82, 2.24) is 19.3 Å². The Bertz CT molecular complexity index is 1070. The predicted molar refractivity (Wildman–Crippen MR) is 95.2 cm³/mol. The van der Waals surface area contributed by atoms with Gasteiger partial charge in [-0.05, 0) is 23.6 Å². The van der Waals surface area contributed by atoms with Gasteiger partial charge >= 0.3 is 0 Å². The highest BCUT2D eigenvalue weighted by molar-refractivity contribution is 7.88. The van der Waals surface area contributed by atoms with Crippen LogP contribution in [0.1, 0.15) is 0 Å². The molecule has 0 amide bonds. The van der Waals surface area contributed by atoms with Gasteiger partial charge in [0.05, 0.1) is 24.4 Å². The molecule has 0 saturated heterocycles. The Hall–Kier alpha value is -2.65. The van der Waals surface area contributed by atoms with Crippen LogP contribution in [0.25, 0.3) is 22.3 Å². The lowest BCUT2D eigenvalue weighted by Gasteiger charge is -2.09. The van der Waals surface area contributed by atoms with Crippen LogP contribution in [0, 0.1) is 0 Å². The number of nitrogens with one attached hydrogen (secondary N) is 2. The average molecular weight is 362 g/mol. The molecule has 132 valence electrons. The number of pyridine rings is 1. The zero-order chi connectivity index (χ0) is 18.0. The molecule has 2 aromatic heterocycles. The minimum atomic E-state index is -3.26. The third-order valence-electron chi connectivity index (χ3n) is 3.73. The molecule has 2 N–H and O–H groups in total. The van der Waals surface area contributed by atoms with Crippen molar-refractivity contribution in [3.63, 3.8) is 0 Å². The van der Waals surface area contributed by atoms with E-state index >= 15 is 0 Å². The van der Waals surface area contributed by atoms with Gasteiger partial charge in [-0.1, -0.05) is 0 Å². The molecule has 3 aromatic rings. The van der Waals surface area contributed by atoms with Crippen molar-refractivity contribution in [2.45, 2.75) is 6.54 Å². The molecule has 0 spiro atoms. The number of hydrogen-bond donors (Lipinski definition) is 2. The number of aromatic amines is 1. The first-order chi connectivity index (χ1) is 11.9. The number of imidazole rings is 1. The molecule has 2 heterocycles. The van der Waals surface area contributed by atoms with Crippen molar-refractivity contribution in [2.75, 3.05) is 19.9 Å². The van der Waals surface area contributed by atoms with Crippen LogP contribution in [0.2, 0.25) is 0 Å². The fourth-order valence-corrected chi connectivity index (χ4v) is 3.02. The van der Waals surface area contributed by atoms with Gasteiger partial charge in [0.15, 0.2) is 0 Å². The highest BCUT2D eigenvalue weighted by atomic mass is 32.2. The van der Waals surface area contributed by atoms with Gasteiger partial charge in [-0.25, -0.2) is 18.1 Å². The summed E-state index contributed by atoms with van der Waals surface area (Å²) in [4.78, 5) is 19.5. The van der Waals surface area contributed by atoms with Crippen molar-refractivity contribution in [1.29, 1.82) is 0 Å². The number of benzene rings is 1. The smallest absolute Gasteiger partial charge is 0.259 e. The Kier molecular flexibility index (Phi) is 4.60. The van der Waals surface area contributed by atoms with Gasteiger partial charge in [-0.3, -0.25) is 4.79 Å². The van der Waals surface area contributed by atoms with E-state index in [2.05, 4.69) is 14.7 Å². The number of aromatic nitrogens is 3. The second kappa shape index (κ2) is 6.69. The first-order valence-electron chi connectivity index (χ1n) is 7.54. The summed E-state index contributed by atoms with van der Waals surface area (Å²) in [5.74, 6) is 1.14. The van der Waals surface area contributed by atoms with Crippen LogP contribution in [-0.2, 0) is 16.6 Å². The Morgan fingerprint density at radius 2 is 2.12 bits per heavy atom. The van der Waals surface area contributed by atoms with Crippen molar-refractivity contribution >= 4 is 20.9 Å². The van der Waals surface area contributed by atoms with E-state index in [1.54, 1.807) is 36.2 Å². The van der Waals surface area contributed by atoms with Gasteiger partial charge in [0.25, 0.3) is 5.56 Å². The molecule has 0 aliphatic heterocycles. The quantitative estimate of drug-likeness (QED) is 0.679. The van der Waals surface area contributed by atoms with Crippen LogP contribution in [0.3, 0.4) is 0 Å². The number of ether oxygens (including phenoxy) is 1. The summed E-state index contributed by atoms with van der Waals surface area (Å²) in [6, 6.07) is 7.18. The molecule has 0 atom stereocenters. The molecule has 1 aromatic carbocycles. The predicted octanol–water partition coefficient (Wildman–Crippen LogP) is 0.949. The summed E-state index contributed by atoms with van der Waals surface area (Å²) in [5.41, 5.74) is 0.816. The Morgan fingerprint density at radius 3 is 2.84 bits per heavy atom. The van der Waals surface area contributed by atoms with Gasteiger partial charge in [0.2, 0.25) is 10.0 Å². The largest absolute Gasteiger partial charge is 0.497 e. The topological polar surface area (TPSA) is 106 Å². The summed E-state index contributed by atoms with van der Waals surface area (Å²) in [6.07, 6.45) is 4.38. The molecule has 0 radical (unpaired) electrons. The van der Waals surface area contributed by atoms with E-state index in [-0.39, 0.29) is 12.1 Å². The maximum absolute atomic E-state index is 12.5. The highest BCUT2D eigenvalue weighted by Gasteiger charge is 2.12. The summed E-state index contributed by atoms with van der Waals surface area (Å²) in [7, 11) is -1.70. The van der Waals surface area contributed by atoms with Gasteiger partial charge in [0, 0.05) is 31.5 Å². The van der Waals surface area contributed by atoms with Gasteiger partial charge in [-0.2, -0.15) is 0 Å². The van der Waals surface area contributed by atoms with Gasteiger partial charge in [0.1, 0.15) is 11.6 Å². The van der Waals surface area contributed by atoms with Gasteiger partial charge in [-0.15, -0.1) is 0 Å². The molecule has 0 aliphatic rings. The summed E-state index contributed by atoms with van der Waals surface area (Å²) in [6.45, 7) is 0.577. The second-order valence-corrected chi connectivity index (χ2v) is 7.41. The van der Waals surface area contributed by atoms with E-state index in [1.807, 2.05) is 12.1 Å². The van der Waals surface area contributed by atoms with Crippen LogP contribution in [-0.4, -0.2) is 42.9 Å². The monoisotopic (exact) mass is 362 g/mol. The van der Waals surface area contributed by atoms with E-state index in [0.717, 1.165) is 11.6 Å². The molecule has 8 nitrogen and oxygen atoms in total. The fraction of sp³-hybridized carbons (Fsp3) is 0.250. The van der Waals surface area contributed by atoms with Crippen molar-refractivity contribution in [2.24, 2.45) is 0 Å². The van der Waals surface area contributed by atoms with E-state index in [4.69, 9.17) is 4.74 Å². The Balaban J connectivity index is 1.96. The van der Waals surface area contributed by atoms with Crippen molar-refractivity contribution in [3.05, 3.63) is 47.0 Å². The Labute approximate surface area is 144 Å². The molecular weight excluding hydrogens is 344 g/mol. The highest BCUT2D eigenvalue weighted by Crippen LogP contribution is 2.22. The van der Waals surface area contributed by atoms with E-state index < -0.39 is 10.0 Å². The standard InChI is InChI=1S/C16H18N4O4S/c1-24-12-4-3-11-9-13(16(21)19-14(11)10-12)15-17-5-7-20(15)8-6-18-25(2,22)23/h3-5,7,9-10,18H,6,8H2,1-2H3,(H,19,21). The lowest BCUT2D eigenvalue weighted by molar-refractivity contribution is 0.415. The SMILES string of the molecule is COc1ccc2cc(-c3nccn3CCNS(C)(=O)=O)c(=O)[nH]c2c1. The number of methoxy groups -OCH3 is 1. The number of nitrogens with zero attached hydrogens (tertiary/aromatic N) is 2. The van der Waals surface area contributed by atoms with Crippen LogP contribution in [0.15, 0.2) is 41.5 Å².